The second kappa shape index (κ2) is 9.42. The first-order chi connectivity index (χ1) is 15.4. The Morgan fingerprint density at radius 1 is 0.969 bits per heavy atom. The lowest BCUT2D eigenvalue weighted by atomic mass is 10.2. The summed E-state index contributed by atoms with van der Waals surface area (Å²) in [6.07, 6.45) is 0. The Hall–Kier alpha value is -3.35. The van der Waals surface area contributed by atoms with Crippen LogP contribution in [-0.4, -0.2) is 21.4 Å². The number of anilines is 1. The Morgan fingerprint density at radius 3 is 2.41 bits per heavy atom. The number of benzene rings is 3. The van der Waals surface area contributed by atoms with E-state index < -0.39 is 6.04 Å². The van der Waals surface area contributed by atoms with Crippen molar-refractivity contribution in [3.8, 4) is 0 Å². The lowest BCUT2D eigenvalue weighted by molar-refractivity contribution is -0.116. The first-order valence-corrected chi connectivity index (χ1v) is 10.7. The summed E-state index contributed by atoms with van der Waals surface area (Å²) in [5, 5.41) is 6.79. The van der Waals surface area contributed by atoms with Gasteiger partial charge in [-0.05, 0) is 55.5 Å². The van der Waals surface area contributed by atoms with Gasteiger partial charge < -0.3 is 15.2 Å². The molecule has 6 nitrogen and oxygen atoms in total. The summed E-state index contributed by atoms with van der Waals surface area (Å²) in [7, 11) is 0. The van der Waals surface area contributed by atoms with Gasteiger partial charge in [0.25, 0.3) is 5.91 Å². The van der Waals surface area contributed by atoms with Crippen molar-refractivity contribution in [1.29, 1.82) is 0 Å². The zero-order valence-corrected chi connectivity index (χ0v) is 18.7. The number of carbonyl (C=O) groups excluding carboxylic acids is 2. The van der Waals surface area contributed by atoms with Crippen LogP contribution in [0.4, 0.5) is 5.69 Å². The van der Waals surface area contributed by atoms with Crippen molar-refractivity contribution in [3.63, 3.8) is 0 Å². The smallest absolute Gasteiger partial charge is 0.251 e. The Bertz CT molecular complexity index is 1280. The molecule has 0 saturated carbocycles. The second-order valence-corrected chi connectivity index (χ2v) is 8.12. The van der Waals surface area contributed by atoms with E-state index in [2.05, 4.69) is 15.6 Å². The number of halogens is 2. The minimum Gasteiger partial charge on any atom is -0.342 e. The number of amides is 2. The molecule has 4 rings (SSSR count). The monoisotopic (exact) mass is 466 g/mol. The maximum absolute atomic E-state index is 12.8. The van der Waals surface area contributed by atoms with E-state index in [1.54, 1.807) is 53.1 Å². The van der Waals surface area contributed by atoms with Crippen molar-refractivity contribution in [3.05, 3.63) is 94.2 Å². The summed E-state index contributed by atoms with van der Waals surface area (Å²) in [5.74, 6) is 0.0647. The number of nitrogens with zero attached hydrogens (tertiary/aromatic N) is 2. The lowest BCUT2D eigenvalue weighted by Crippen LogP contribution is -2.30. The number of fused-ring (bicyclic) bond motifs is 1. The highest BCUT2D eigenvalue weighted by Gasteiger charge is 2.21. The molecule has 162 valence electrons. The molecule has 0 aliphatic rings. The fraction of sp³-hybridized carbons (Fsp3) is 0.125. The predicted molar refractivity (Wildman–Crippen MR) is 127 cm³/mol. The van der Waals surface area contributed by atoms with E-state index in [4.69, 9.17) is 23.2 Å². The number of para-hydroxylation sites is 3. The molecule has 0 aliphatic heterocycles. The zero-order chi connectivity index (χ0) is 22.7. The van der Waals surface area contributed by atoms with Gasteiger partial charge in [0, 0.05) is 10.6 Å². The third-order valence-electron chi connectivity index (χ3n) is 4.98. The highest BCUT2D eigenvalue weighted by atomic mass is 35.5. The number of nitrogens with one attached hydrogen (secondary N) is 2. The largest absolute Gasteiger partial charge is 0.342 e. The van der Waals surface area contributed by atoms with Gasteiger partial charge in [-0.25, -0.2) is 4.98 Å². The molecule has 0 bridgehead atoms. The Kier molecular flexibility index (Phi) is 6.44. The van der Waals surface area contributed by atoms with Crippen molar-refractivity contribution in [1.82, 2.24) is 14.9 Å². The van der Waals surface area contributed by atoms with Gasteiger partial charge in [-0.2, -0.15) is 0 Å². The Morgan fingerprint density at radius 2 is 1.66 bits per heavy atom. The molecule has 3 aromatic carbocycles. The Balaban J connectivity index is 1.59. The fourth-order valence-corrected chi connectivity index (χ4v) is 3.74. The van der Waals surface area contributed by atoms with Crippen LogP contribution in [0.2, 0.25) is 10.0 Å². The van der Waals surface area contributed by atoms with Crippen molar-refractivity contribution in [2.45, 2.75) is 19.5 Å². The van der Waals surface area contributed by atoms with Gasteiger partial charge in [0.15, 0.2) is 0 Å². The third kappa shape index (κ3) is 4.77. The van der Waals surface area contributed by atoms with E-state index in [1.165, 1.54) is 0 Å². The summed E-state index contributed by atoms with van der Waals surface area (Å²) in [6.45, 7) is 1.85. The standard InChI is InChI=1S/C24H20Cl2N4O2/c1-15(27-24(32)16-10-12-17(25)13-11-16)23-29-20-8-4-5-9-21(20)30(23)14-22(31)28-19-7-3-2-6-18(19)26/h2-13,15H,14H2,1H3,(H,27,32)(H,28,31). The average molecular weight is 467 g/mol. The molecule has 4 aromatic rings. The molecule has 1 atom stereocenters. The molecule has 0 spiro atoms. The summed E-state index contributed by atoms with van der Waals surface area (Å²) in [4.78, 5) is 30.2. The van der Waals surface area contributed by atoms with Crippen molar-refractivity contribution in [2.75, 3.05) is 5.32 Å². The molecular formula is C24H20Cl2N4O2. The van der Waals surface area contributed by atoms with Crippen LogP contribution in [0.3, 0.4) is 0 Å². The number of hydrogen-bond donors (Lipinski definition) is 2. The number of carbonyl (C=O) groups is 2. The zero-order valence-electron chi connectivity index (χ0n) is 17.2. The molecular weight excluding hydrogens is 447 g/mol. The van der Waals surface area contributed by atoms with E-state index in [-0.39, 0.29) is 18.4 Å². The van der Waals surface area contributed by atoms with E-state index in [0.29, 0.717) is 27.1 Å². The summed E-state index contributed by atoms with van der Waals surface area (Å²) >= 11 is 12.1. The summed E-state index contributed by atoms with van der Waals surface area (Å²) < 4.78 is 1.80. The van der Waals surface area contributed by atoms with Gasteiger partial charge in [-0.15, -0.1) is 0 Å². The minimum atomic E-state index is -0.446. The number of hydrogen-bond acceptors (Lipinski definition) is 3. The van der Waals surface area contributed by atoms with Crippen LogP contribution in [0.15, 0.2) is 72.8 Å². The van der Waals surface area contributed by atoms with Gasteiger partial charge >= 0.3 is 0 Å². The number of aromatic nitrogens is 2. The topological polar surface area (TPSA) is 76.0 Å². The molecule has 1 heterocycles. The average Bonchev–Trinajstić information content (AvgIpc) is 3.14. The normalized spacial score (nSPS) is 11.8. The minimum absolute atomic E-state index is 0.0161. The first kappa shape index (κ1) is 21.9. The van der Waals surface area contributed by atoms with Gasteiger partial charge in [0.1, 0.15) is 12.4 Å². The molecule has 0 radical (unpaired) electrons. The highest BCUT2D eigenvalue weighted by molar-refractivity contribution is 6.33. The molecule has 8 heteroatoms. The molecule has 1 aromatic heterocycles. The third-order valence-corrected chi connectivity index (χ3v) is 5.56. The van der Waals surface area contributed by atoms with Crippen molar-refractivity contribution in [2.24, 2.45) is 0 Å². The van der Waals surface area contributed by atoms with Gasteiger partial charge in [-0.1, -0.05) is 47.5 Å². The quantitative estimate of drug-likeness (QED) is 0.395. The van der Waals surface area contributed by atoms with Crippen LogP contribution in [0.5, 0.6) is 0 Å². The Labute approximate surface area is 195 Å². The first-order valence-electron chi connectivity index (χ1n) is 9.98. The van der Waals surface area contributed by atoms with Gasteiger partial charge in [0.05, 0.1) is 27.8 Å². The number of imidazole rings is 1. The second-order valence-electron chi connectivity index (χ2n) is 7.27. The summed E-state index contributed by atoms with van der Waals surface area (Å²) in [6, 6.07) is 20.8. The van der Waals surface area contributed by atoms with E-state index in [1.807, 2.05) is 31.2 Å². The van der Waals surface area contributed by atoms with Crippen molar-refractivity contribution < 1.29 is 9.59 Å². The number of rotatable bonds is 6. The molecule has 1 unspecified atom stereocenters. The van der Waals surface area contributed by atoms with Gasteiger partial charge in [0.2, 0.25) is 5.91 Å². The van der Waals surface area contributed by atoms with Crippen LogP contribution in [0.1, 0.15) is 29.1 Å². The van der Waals surface area contributed by atoms with E-state index >= 15 is 0 Å². The SMILES string of the molecule is CC(NC(=O)c1ccc(Cl)cc1)c1nc2ccccc2n1CC(=O)Nc1ccccc1Cl. The lowest BCUT2D eigenvalue weighted by Gasteiger charge is -2.16. The molecule has 0 saturated heterocycles. The summed E-state index contributed by atoms with van der Waals surface area (Å²) in [5.41, 5.74) is 2.56. The van der Waals surface area contributed by atoms with E-state index in [9.17, 15) is 9.59 Å². The van der Waals surface area contributed by atoms with E-state index in [0.717, 1.165) is 11.0 Å². The van der Waals surface area contributed by atoms with Crippen LogP contribution in [0.25, 0.3) is 11.0 Å². The molecule has 0 aliphatic carbocycles. The fourth-order valence-electron chi connectivity index (χ4n) is 3.43. The van der Waals surface area contributed by atoms with Crippen molar-refractivity contribution >= 4 is 51.7 Å². The molecule has 2 amide bonds. The highest BCUT2D eigenvalue weighted by Crippen LogP contribution is 2.23. The molecule has 2 N–H and O–H groups in total. The maximum atomic E-state index is 12.8. The predicted octanol–water partition coefficient (Wildman–Crippen LogP) is 5.47. The maximum Gasteiger partial charge on any atom is 0.251 e. The van der Waals surface area contributed by atoms with Gasteiger partial charge in [-0.3, -0.25) is 9.59 Å². The van der Waals surface area contributed by atoms with Crippen LogP contribution < -0.4 is 10.6 Å². The van der Waals surface area contributed by atoms with Crippen LogP contribution >= 0.6 is 23.2 Å². The molecule has 32 heavy (non-hydrogen) atoms. The van der Waals surface area contributed by atoms with Crippen LogP contribution in [-0.2, 0) is 11.3 Å². The van der Waals surface area contributed by atoms with Crippen LogP contribution in [0, 0.1) is 0 Å². The molecule has 0 fully saturated rings.